The van der Waals surface area contributed by atoms with Crippen molar-refractivity contribution in [3.8, 4) is 12.3 Å². The van der Waals surface area contributed by atoms with Crippen molar-refractivity contribution in [2.75, 3.05) is 13.1 Å². The van der Waals surface area contributed by atoms with Crippen molar-refractivity contribution < 1.29 is 14.7 Å². The molecule has 1 saturated heterocycles. The molecular formula is C16H26N2O3. The highest BCUT2D eigenvalue weighted by Gasteiger charge is 2.42. The van der Waals surface area contributed by atoms with E-state index in [-0.39, 0.29) is 18.6 Å². The molecule has 1 rings (SSSR count). The molecule has 2 unspecified atom stereocenters. The van der Waals surface area contributed by atoms with Crippen molar-refractivity contribution in [1.82, 2.24) is 10.2 Å². The number of urea groups is 1. The maximum absolute atomic E-state index is 12.3. The van der Waals surface area contributed by atoms with Crippen LogP contribution in [0.2, 0.25) is 0 Å². The molecule has 0 aliphatic carbocycles. The fourth-order valence-electron chi connectivity index (χ4n) is 3.00. The van der Waals surface area contributed by atoms with Crippen molar-refractivity contribution in [2.45, 2.75) is 58.4 Å². The number of likely N-dealkylation sites (tertiary alicyclic amines) is 1. The van der Waals surface area contributed by atoms with E-state index < -0.39 is 11.4 Å². The zero-order valence-electron chi connectivity index (χ0n) is 13.0. The fraction of sp³-hybridized carbons (Fsp3) is 0.750. The third-order valence-corrected chi connectivity index (χ3v) is 4.12. The number of nitrogens with zero attached hydrogens (tertiary/aromatic N) is 1. The van der Waals surface area contributed by atoms with Crippen LogP contribution in [0.25, 0.3) is 0 Å². The second-order valence-corrected chi connectivity index (χ2v) is 5.82. The lowest BCUT2D eigenvalue weighted by molar-refractivity contribution is -0.152. The van der Waals surface area contributed by atoms with Gasteiger partial charge in [-0.1, -0.05) is 32.6 Å². The Labute approximate surface area is 127 Å². The fourth-order valence-corrected chi connectivity index (χ4v) is 3.00. The molecule has 0 bridgehead atoms. The summed E-state index contributed by atoms with van der Waals surface area (Å²) in [5.74, 6) is 1.76. The lowest BCUT2D eigenvalue weighted by atomic mass is 9.76. The maximum atomic E-state index is 12.3. The van der Waals surface area contributed by atoms with Crippen molar-refractivity contribution in [3.63, 3.8) is 0 Å². The molecule has 1 fully saturated rings. The quantitative estimate of drug-likeness (QED) is 0.739. The molecule has 118 valence electrons. The molecule has 0 radical (unpaired) electrons. The second-order valence-electron chi connectivity index (χ2n) is 5.82. The van der Waals surface area contributed by atoms with E-state index >= 15 is 0 Å². The molecule has 0 aromatic heterocycles. The monoisotopic (exact) mass is 294 g/mol. The summed E-state index contributed by atoms with van der Waals surface area (Å²) in [5.41, 5.74) is -0.805. The first-order valence-electron chi connectivity index (χ1n) is 7.74. The van der Waals surface area contributed by atoms with Gasteiger partial charge in [-0.25, -0.2) is 4.79 Å². The van der Waals surface area contributed by atoms with Gasteiger partial charge < -0.3 is 15.3 Å². The number of nitrogens with one attached hydrogen (secondary N) is 1. The Kier molecular flexibility index (Phi) is 6.54. The summed E-state index contributed by atoms with van der Waals surface area (Å²) >= 11 is 0. The highest BCUT2D eigenvalue weighted by molar-refractivity contribution is 5.79. The first-order valence-corrected chi connectivity index (χ1v) is 7.74. The topological polar surface area (TPSA) is 69.6 Å². The van der Waals surface area contributed by atoms with Crippen LogP contribution in [0.1, 0.15) is 52.4 Å². The Balaban J connectivity index is 2.73. The van der Waals surface area contributed by atoms with Gasteiger partial charge in [-0.2, -0.15) is 0 Å². The van der Waals surface area contributed by atoms with Crippen LogP contribution in [0, 0.1) is 17.8 Å². The van der Waals surface area contributed by atoms with Crippen LogP contribution in [0.3, 0.4) is 0 Å². The molecule has 2 N–H and O–H groups in total. The van der Waals surface area contributed by atoms with E-state index in [0.29, 0.717) is 25.8 Å². The summed E-state index contributed by atoms with van der Waals surface area (Å²) in [5, 5.41) is 12.4. The van der Waals surface area contributed by atoms with Crippen LogP contribution in [-0.4, -0.2) is 41.1 Å². The molecular weight excluding hydrogens is 268 g/mol. The lowest BCUT2D eigenvalue weighted by Crippen LogP contribution is -2.54. The van der Waals surface area contributed by atoms with Crippen molar-refractivity contribution >= 4 is 12.0 Å². The maximum Gasteiger partial charge on any atom is 0.318 e. The van der Waals surface area contributed by atoms with E-state index in [2.05, 4.69) is 11.2 Å². The molecule has 1 aliphatic rings. The molecule has 2 atom stereocenters. The molecule has 5 heteroatoms. The first-order chi connectivity index (χ1) is 9.99. The van der Waals surface area contributed by atoms with Crippen LogP contribution in [0.15, 0.2) is 0 Å². The normalized spacial score (nSPS) is 23.2. The number of carboxylic acid groups (broad SMARTS) is 1. The van der Waals surface area contributed by atoms with Gasteiger partial charge >= 0.3 is 12.0 Å². The molecule has 2 amide bonds. The third kappa shape index (κ3) is 4.38. The van der Waals surface area contributed by atoms with Gasteiger partial charge in [0.05, 0.1) is 11.5 Å². The largest absolute Gasteiger partial charge is 0.481 e. The SMILES string of the molecule is C#CC(CCC)NC(=O)N1CCCC(CCC)(C(=O)O)C1. The molecule has 1 heterocycles. The van der Waals surface area contributed by atoms with Crippen molar-refractivity contribution in [3.05, 3.63) is 0 Å². The van der Waals surface area contributed by atoms with E-state index in [1.165, 1.54) is 0 Å². The number of carbonyl (C=O) groups is 2. The van der Waals surface area contributed by atoms with Gasteiger partial charge in [-0.3, -0.25) is 4.79 Å². The number of carboxylic acids is 1. The van der Waals surface area contributed by atoms with Gasteiger partial charge in [0, 0.05) is 13.1 Å². The van der Waals surface area contributed by atoms with E-state index in [9.17, 15) is 14.7 Å². The Morgan fingerprint density at radius 3 is 2.67 bits per heavy atom. The predicted octanol–water partition coefficient (Wildman–Crippen LogP) is 2.46. The summed E-state index contributed by atoms with van der Waals surface area (Å²) in [4.78, 5) is 25.5. The third-order valence-electron chi connectivity index (χ3n) is 4.12. The zero-order valence-corrected chi connectivity index (χ0v) is 13.0. The number of amides is 2. The molecule has 1 aliphatic heterocycles. The first kappa shape index (κ1) is 17.4. The predicted molar refractivity (Wildman–Crippen MR) is 81.8 cm³/mol. The minimum atomic E-state index is -0.805. The number of piperidine rings is 1. The number of hydrogen-bond acceptors (Lipinski definition) is 2. The Hall–Kier alpha value is -1.70. The molecule has 5 nitrogen and oxygen atoms in total. The van der Waals surface area contributed by atoms with E-state index in [1.807, 2.05) is 13.8 Å². The average Bonchev–Trinajstić information content (AvgIpc) is 2.47. The number of terminal acetylenes is 1. The number of aliphatic carboxylic acids is 1. The second kappa shape index (κ2) is 7.92. The number of carbonyl (C=O) groups excluding carboxylic acids is 1. The molecule has 0 aromatic carbocycles. The summed E-state index contributed by atoms with van der Waals surface area (Å²) in [6, 6.07) is -0.525. The van der Waals surface area contributed by atoms with Gasteiger partial charge in [0.2, 0.25) is 0 Å². The van der Waals surface area contributed by atoms with E-state index in [4.69, 9.17) is 6.42 Å². The van der Waals surface area contributed by atoms with Crippen molar-refractivity contribution in [2.24, 2.45) is 5.41 Å². The van der Waals surface area contributed by atoms with Crippen LogP contribution >= 0.6 is 0 Å². The van der Waals surface area contributed by atoms with Gasteiger partial charge in [0.25, 0.3) is 0 Å². The van der Waals surface area contributed by atoms with E-state index in [0.717, 1.165) is 19.3 Å². The highest BCUT2D eigenvalue weighted by atomic mass is 16.4. The average molecular weight is 294 g/mol. The zero-order chi connectivity index (χ0) is 15.9. The molecule has 0 spiro atoms. The number of rotatable bonds is 6. The summed E-state index contributed by atoms with van der Waals surface area (Å²) in [6.07, 6.45) is 9.77. The highest BCUT2D eigenvalue weighted by Crippen LogP contribution is 2.35. The minimum Gasteiger partial charge on any atom is -0.481 e. The van der Waals surface area contributed by atoms with Crippen LogP contribution in [-0.2, 0) is 4.79 Å². The van der Waals surface area contributed by atoms with E-state index in [1.54, 1.807) is 4.90 Å². The Morgan fingerprint density at radius 2 is 2.14 bits per heavy atom. The standard InChI is InChI=1S/C16H26N2O3/c1-4-8-13(6-3)17-15(21)18-11-7-10-16(12-18,9-5-2)14(19)20/h3,13H,4-5,7-12H2,1-2H3,(H,17,21)(H,19,20). The number of hydrogen-bond donors (Lipinski definition) is 2. The van der Waals surface area contributed by atoms with Gasteiger partial charge in [0.1, 0.15) is 0 Å². The van der Waals surface area contributed by atoms with Crippen LogP contribution in [0.5, 0.6) is 0 Å². The van der Waals surface area contributed by atoms with Gasteiger partial charge in [-0.05, 0) is 25.7 Å². The van der Waals surface area contributed by atoms with Gasteiger partial charge in [-0.15, -0.1) is 6.42 Å². The Morgan fingerprint density at radius 1 is 1.43 bits per heavy atom. The lowest BCUT2D eigenvalue weighted by Gasteiger charge is -2.40. The Bertz CT molecular complexity index is 412. The molecule has 21 heavy (non-hydrogen) atoms. The van der Waals surface area contributed by atoms with Gasteiger partial charge in [0.15, 0.2) is 0 Å². The molecule has 0 saturated carbocycles. The summed E-state index contributed by atoms with van der Waals surface area (Å²) in [7, 11) is 0. The molecule has 0 aromatic rings. The summed E-state index contributed by atoms with van der Waals surface area (Å²) in [6.45, 7) is 4.84. The van der Waals surface area contributed by atoms with Crippen LogP contribution < -0.4 is 5.32 Å². The summed E-state index contributed by atoms with van der Waals surface area (Å²) < 4.78 is 0. The van der Waals surface area contributed by atoms with Crippen molar-refractivity contribution in [1.29, 1.82) is 0 Å². The smallest absolute Gasteiger partial charge is 0.318 e. The van der Waals surface area contributed by atoms with Crippen LogP contribution in [0.4, 0.5) is 4.79 Å². The minimum absolute atomic E-state index is 0.243.